The predicted molar refractivity (Wildman–Crippen MR) is 70.9 cm³/mol. The number of carbonyl (C=O) groups excluding carboxylic acids is 1. The Bertz CT molecular complexity index is 557. The van der Waals surface area contributed by atoms with Crippen molar-refractivity contribution >= 4 is 5.91 Å². The first-order chi connectivity index (χ1) is 9.15. The van der Waals surface area contributed by atoms with Crippen LogP contribution < -0.4 is 5.32 Å². The van der Waals surface area contributed by atoms with Gasteiger partial charge in [0.05, 0.1) is 12.5 Å². The summed E-state index contributed by atoms with van der Waals surface area (Å²) in [5.41, 5.74) is 1.65. The minimum Gasteiger partial charge on any atom is -0.349 e. The topological polar surface area (TPSA) is 42.0 Å². The van der Waals surface area contributed by atoms with Gasteiger partial charge in [0.2, 0.25) is 5.91 Å². The molecule has 0 aliphatic rings. The smallest absolute Gasteiger partial charge is 0.224 e. The maximum absolute atomic E-state index is 13.0. The van der Waals surface area contributed by atoms with Crippen molar-refractivity contribution < 1.29 is 9.18 Å². The molecular formula is C15H15FN2O. The van der Waals surface area contributed by atoms with E-state index in [-0.39, 0.29) is 24.2 Å². The van der Waals surface area contributed by atoms with Gasteiger partial charge in [-0.3, -0.25) is 9.78 Å². The normalized spacial score (nSPS) is 11.9. The molecule has 0 aliphatic heterocycles. The highest BCUT2D eigenvalue weighted by Crippen LogP contribution is 2.11. The Morgan fingerprint density at radius 2 is 2.05 bits per heavy atom. The molecule has 3 nitrogen and oxygen atoms in total. The maximum atomic E-state index is 13.0. The Morgan fingerprint density at radius 3 is 2.74 bits per heavy atom. The molecule has 2 rings (SSSR count). The van der Waals surface area contributed by atoms with E-state index in [1.165, 1.54) is 12.1 Å². The Hall–Kier alpha value is -2.23. The molecule has 1 heterocycles. The molecule has 1 N–H and O–H groups in total. The van der Waals surface area contributed by atoms with Crippen molar-refractivity contribution in [2.45, 2.75) is 19.4 Å². The molecule has 1 atom stereocenters. The van der Waals surface area contributed by atoms with Gasteiger partial charge in [0.15, 0.2) is 0 Å². The summed E-state index contributed by atoms with van der Waals surface area (Å²) in [6.07, 6.45) is 3.54. The number of carbonyl (C=O) groups is 1. The van der Waals surface area contributed by atoms with Crippen molar-refractivity contribution in [3.8, 4) is 0 Å². The van der Waals surface area contributed by atoms with E-state index in [0.29, 0.717) is 5.56 Å². The number of nitrogens with zero attached hydrogens (tertiary/aromatic N) is 1. The molecular weight excluding hydrogens is 243 g/mol. The molecule has 0 aliphatic carbocycles. The number of nitrogens with one attached hydrogen (secondary N) is 1. The third-order valence-corrected chi connectivity index (χ3v) is 2.84. The van der Waals surface area contributed by atoms with Crippen molar-refractivity contribution in [1.29, 1.82) is 0 Å². The Balaban J connectivity index is 1.95. The minimum atomic E-state index is -0.326. The molecule has 1 aromatic carbocycles. The fraction of sp³-hybridized carbons (Fsp3) is 0.200. The van der Waals surface area contributed by atoms with Gasteiger partial charge in [0.25, 0.3) is 0 Å². The largest absolute Gasteiger partial charge is 0.349 e. The van der Waals surface area contributed by atoms with Crippen molar-refractivity contribution in [2.24, 2.45) is 0 Å². The van der Waals surface area contributed by atoms with Crippen LogP contribution in [0.4, 0.5) is 4.39 Å². The maximum Gasteiger partial charge on any atom is 0.224 e. The van der Waals surface area contributed by atoms with Crippen LogP contribution in [0.25, 0.3) is 0 Å². The molecule has 0 bridgehead atoms. The van der Waals surface area contributed by atoms with Crippen molar-refractivity contribution in [3.63, 3.8) is 0 Å². The highest BCUT2D eigenvalue weighted by atomic mass is 19.1. The Morgan fingerprint density at radius 1 is 1.32 bits per heavy atom. The lowest BCUT2D eigenvalue weighted by atomic mass is 10.1. The van der Waals surface area contributed by atoms with Gasteiger partial charge < -0.3 is 5.32 Å². The summed E-state index contributed by atoms with van der Waals surface area (Å²) in [5, 5.41) is 2.87. The van der Waals surface area contributed by atoms with Crippen LogP contribution in [0.2, 0.25) is 0 Å². The quantitative estimate of drug-likeness (QED) is 0.916. The predicted octanol–water partition coefficient (Wildman–Crippen LogP) is 2.64. The lowest BCUT2D eigenvalue weighted by Gasteiger charge is -2.14. The zero-order valence-electron chi connectivity index (χ0n) is 10.6. The van der Waals surface area contributed by atoms with Crippen LogP contribution in [0.3, 0.4) is 0 Å². The summed E-state index contributed by atoms with van der Waals surface area (Å²) >= 11 is 0. The molecule has 1 amide bonds. The molecule has 0 saturated carbocycles. The summed E-state index contributed by atoms with van der Waals surface area (Å²) in [5.74, 6) is -0.456. The molecule has 1 aromatic heterocycles. The first-order valence-electron chi connectivity index (χ1n) is 6.09. The molecule has 1 unspecified atom stereocenters. The van der Waals surface area contributed by atoms with E-state index in [0.717, 1.165) is 5.56 Å². The van der Waals surface area contributed by atoms with Gasteiger partial charge in [0.1, 0.15) is 5.82 Å². The third kappa shape index (κ3) is 3.88. The highest BCUT2D eigenvalue weighted by molar-refractivity contribution is 5.78. The summed E-state index contributed by atoms with van der Waals surface area (Å²) in [6, 6.07) is 9.69. The van der Waals surface area contributed by atoms with E-state index in [1.54, 1.807) is 24.5 Å². The highest BCUT2D eigenvalue weighted by Gasteiger charge is 2.10. The number of pyridine rings is 1. The Labute approximate surface area is 111 Å². The van der Waals surface area contributed by atoms with Crippen LogP contribution in [-0.2, 0) is 11.2 Å². The molecule has 0 fully saturated rings. The van der Waals surface area contributed by atoms with E-state index >= 15 is 0 Å². The van der Waals surface area contributed by atoms with Crippen LogP contribution in [-0.4, -0.2) is 10.9 Å². The van der Waals surface area contributed by atoms with Crippen LogP contribution in [0.1, 0.15) is 24.1 Å². The second-order valence-corrected chi connectivity index (χ2v) is 4.38. The number of benzene rings is 1. The molecule has 2 aromatic rings. The first-order valence-corrected chi connectivity index (χ1v) is 6.09. The van der Waals surface area contributed by atoms with Crippen molar-refractivity contribution in [2.75, 3.05) is 0 Å². The summed E-state index contributed by atoms with van der Waals surface area (Å²) in [7, 11) is 0. The Kier molecular flexibility index (Phi) is 4.23. The van der Waals surface area contributed by atoms with Gasteiger partial charge in [-0.05, 0) is 42.3 Å². The van der Waals surface area contributed by atoms with E-state index in [4.69, 9.17) is 0 Å². The zero-order chi connectivity index (χ0) is 13.7. The number of rotatable bonds is 4. The van der Waals surface area contributed by atoms with E-state index < -0.39 is 0 Å². The number of aromatic nitrogens is 1. The second kappa shape index (κ2) is 6.09. The van der Waals surface area contributed by atoms with Gasteiger partial charge >= 0.3 is 0 Å². The fourth-order valence-corrected chi connectivity index (χ4v) is 1.86. The van der Waals surface area contributed by atoms with E-state index in [1.807, 2.05) is 19.1 Å². The summed E-state index contributed by atoms with van der Waals surface area (Å²) in [4.78, 5) is 15.8. The lowest BCUT2D eigenvalue weighted by Crippen LogP contribution is -2.28. The molecule has 4 heteroatoms. The number of hydrogen-bond donors (Lipinski definition) is 1. The van der Waals surface area contributed by atoms with Gasteiger partial charge in [0, 0.05) is 12.4 Å². The molecule has 19 heavy (non-hydrogen) atoms. The van der Waals surface area contributed by atoms with Gasteiger partial charge in [-0.15, -0.1) is 0 Å². The van der Waals surface area contributed by atoms with E-state index in [2.05, 4.69) is 10.3 Å². The van der Waals surface area contributed by atoms with Crippen molar-refractivity contribution in [3.05, 3.63) is 65.7 Å². The van der Waals surface area contributed by atoms with E-state index in [9.17, 15) is 9.18 Å². The van der Waals surface area contributed by atoms with Gasteiger partial charge in [-0.25, -0.2) is 4.39 Å². The van der Waals surface area contributed by atoms with Gasteiger partial charge in [-0.2, -0.15) is 0 Å². The third-order valence-electron chi connectivity index (χ3n) is 2.84. The van der Waals surface area contributed by atoms with Gasteiger partial charge in [-0.1, -0.05) is 12.1 Å². The van der Waals surface area contributed by atoms with Crippen LogP contribution in [0, 0.1) is 5.82 Å². The monoisotopic (exact) mass is 258 g/mol. The standard InChI is InChI=1S/C15H15FN2O/c1-11(13-5-7-17-8-6-13)18-15(19)10-12-3-2-4-14(16)9-12/h2-9,11H,10H2,1H3,(H,18,19). The number of amides is 1. The molecule has 98 valence electrons. The first kappa shape index (κ1) is 13.2. The SMILES string of the molecule is CC(NC(=O)Cc1cccc(F)c1)c1ccncc1. The second-order valence-electron chi connectivity index (χ2n) is 4.38. The minimum absolute atomic E-state index is 0.0935. The average molecular weight is 258 g/mol. The fourth-order valence-electron chi connectivity index (χ4n) is 1.86. The summed E-state index contributed by atoms with van der Waals surface area (Å²) in [6.45, 7) is 1.90. The lowest BCUT2D eigenvalue weighted by molar-refractivity contribution is -0.121. The zero-order valence-corrected chi connectivity index (χ0v) is 10.6. The number of halogens is 1. The summed E-state index contributed by atoms with van der Waals surface area (Å²) < 4.78 is 13.0. The number of hydrogen-bond acceptors (Lipinski definition) is 2. The molecule has 0 saturated heterocycles. The average Bonchev–Trinajstić information content (AvgIpc) is 2.39. The van der Waals surface area contributed by atoms with Crippen LogP contribution in [0.15, 0.2) is 48.8 Å². The van der Waals surface area contributed by atoms with Crippen molar-refractivity contribution in [1.82, 2.24) is 10.3 Å². The van der Waals surface area contributed by atoms with Crippen LogP contribution >= 0.6 is 0 Å². The van der Waals surface area contributed by atoms with Crippen LogP contribution in [0.5, 0.6) is 0 Å². The molecule has 0 radical (unpaired) electrons. The molecule has 0 spiro atoms.